The first kappa shape index (κ1) is 15.5. The van der Waals surface area contributed by atoms with Crippen LogP contribution in [0.1, 0.15) is 61.6 Å². The Morgan fingerprint density at radius 3 is 2.83 bits per heavy atom. The average molecular weight is 315 g/mol. The number of hydrogen-bond donors (Lipinski definition) is 3. The molecule has 0 unspecified atom stereocenters. The number of aliphatic hydroxyl groups excluding tert-OH is 1. The lowest BCUT2D eigenvalue weighted by Gasteiger charge is -2.50. The number of rotatable bonds is 2. The smallest absolute Gasteiger partial charge is 0.119 e. The highest BCUT2D eigenvalue weighted by Crippen LogP contribution is 2.61. The van der Waals surface area contributed by atoms with Gasteiger partial charge >= 0.3 is 0 Å². The van der Waals surface area contributed by atoms with Gasteiger partial charge in [-0.2, -0.15) is 0 Å². The van der Waals surface area contributed by atoms with Crippen molar-refractivity contribution in [1.29, 1.82) is 0 Å². The number of nitrogens with two attached hydrogens (primary N) is 1. The van der Waals surface area contributed by atoms with Crippen LogP contribution in [-0.2, 0) is 12.8 Å². The molecule has 0 amide bonds. The van der Waals surface area contributed by atoms with E-state index in [1.807, 2.05) is 6.07 Å². The van der Waals surface area contributed by atoms with Gasteiger partial charge in [-0.3, -0.25) is 0 Å². The van der Waals surface area contributed by atoms with Gasteiger partial charge in [0.05, 0.1) is 6.10 Å². The molecule has 3 aliphatic rings. The van der Waals surface area contributed by atoms with E-state index < -0.39 is 0 Å². The first-order valence-corrected chi connectivity index (χ1v) is 9.27. The fraction of sp³-hybridized carbons (Fsp3) is 0.700. The van der Waals surface area contributed by atoms with E-state index in [1.54, 1.807) is 0 Å². The van der Waals surface area contributed by atoms with E-state index in [0.29, 0.717) is 30.0 Å². The maximum atomic E-state index is 10.5. The monoisotopic (exact) mass is 315 g/mol. The predicted octanol–water partition coefficient (Wildman–Crippen LogP) is 3.11. The number of benzene rings is 1. The van der Waals surface area contributed by atoms with Gasteiger partial charge in [0.1, 0.15) is 5.75 Å². The highest BCUT2D eigenvalue weighted by molar-refractivity contribution is 5.45. The van der Waals surface area contributed by atoms with Crippen LogP contribution in [0.25, 0.3) is 0 Å². The van der Waals surface area contributed by atoms with Crippen molar-refractivity contribution < 1.29 is 10.2 Å². The van der Waals surface area contributed by atoms with E-state index in [2.05, 4.69) is 13.0 Å². The molecule has 1 aromatic carbocycles. The van der Waals surface area contributed by atoms with Crippen LogP contribution in [-0.4, -0.2) is 22.9 Å². The summed E-state index contributed by atoms with van der Waals surface area (Å²) in [7, 11) is 0. The quantitative estimate of drug-likeness (QED) is 0.785. The van der Waals surface area contributed by atoms with Crippen molar-refractivity contribution in [2.75, 3.05) is 6.54 Å². The molecule has 3 nitrogen and oxygen atoms in total. The number of phenols is 1. The van der Waals surface area contributed by atoms with Crippen LogP contribution in [0.15, 0.2) is 12.1 Å². The van der Waals surface area contributed by atoms with E-state index in [9.17, 15) is 10.2 Å². The van der Waals surface area contributed by atoms with Crippen molar-refractivity contribution in [2.45, 2.75) is 63.9 Å². The normalized spacial score (nSPS) is 38.7. The van der Waals surface area contributed by atoms with E-state index in [0.717, 1.165) is 31.2 Å². The molecule has 0 radical (unpaired) electrons. The molecule has 0 saturated heterocycles. The van der Waals surface area contributed by atoms with Crippen molar-refractivity contribution in [1.82, 2.24) is 0 Å². The summed E-state index contributed by atoms with van der Waals surface area (Å²) in [4.78, 5) is 0. The zero-order valence-corrected chi connectivity index (χ0v) is 14.1. The second-order valence-corrected chi connectivity index (χ2v) is 8.27. The maximum absolute atomic E-state index is 10.5. The van der Waals surface area contributed by atoms with Crippen LogP contribution in [0, 0.1) is 17.3 Å². The molecule has 2 saturated carbocycles. The molecule has 0 aromatic heterocycles. The van der Waals surface area contributed by atoms with Gasteiger partial charge in [-0.05, 0) is 97.4 Å². The minimum atomic E-state index is -0.109. The summed E-state index contributed by atoms with van der Waals surface area (Å²) in [6, 6.07) is 4.23. The van der Waals surface area contributed by atoms with Crippen LogP contribution < -0.4 is 5.73 Å². The third-order valence-corrected chi connectivity index (χ3v) is 7.29. The standard InChI is InChI=1S/C20H29NO2/c1-20-8-6-14-15(17(20)4-5-19(20)23)3-2-12-11-18(22)13(7-9-21)10-16(12)14/h10-11,14-15,17,19,22-23H,2-9,21H2,1H3/t14-,15+,17-,19-,20-/m0/s1. The maximum Gasteiger partial charge on any atom is 0.119 e. The highest BCUT2D eigenvalue weighted by atomic mass is 16.3. The number of aromatic hydroxyl groups is 1. The third kappa shape index (κ3) is 2.24. The third-order valence-electron chi connectivity index (χ3n) is 7.29. The fourth-order valence-corrected chi connectivity index (χ4v) is 5.98. The van der Waals surface area contributed by atoms with Crippen molar-refractivity contribution >= 4 is 0 Å². The molecule has 0 bridgehead atoms. The summed E-state index contributed by atoms with van der Waals surface area (Å²) in [6.07, 6.45) is 7.38. The zero-order valence-electron chi connectivity index (χ0n) is 14.1. The second kappa shape index (κ2) is 5.49. The lowest BCUT2D eigenvalue weighted by molar-refractivity contribution is -0.0226. The van der Waals surface area contributed by atoms with Crippen LogP contribution in [0.4, 0.5) is 0 Å². The predicted molar refractivity (Wildman–Crippen MR) is 91.5 cm³/mol. The summed E-state index contributed by atoms with van der Waals surface area (Å²) in [5, 5.41) is 20.7. The van der Waals surface area contributed by atoms with E-state index in [1.165, 1.54) is 30.4 Å². The zero-order chi connectivity index (χ0) is 16.2. The molecule has 3 heteroatoms. The number of aryl methyl sites for hydroxylation is 1. The van der Waals surface area contributed by atoms with Crippen molar-refractivity contribution in [3.8, 4) is 5.75 Å². The molecule has 3 aliphatic carbocycles. The summed E-state index contributed by atoms with van der Waals surface area (Å²) in [6.45, 7) is 2.89. The molecule has 4 rings (SSSR count). The van der Waals surface area contributed by atoms with Crippen molar-refractivity contribution in [3.05, 3.63) is 28.8 Å². The Morgan fingerprint density at radius 2 is 2.04 bits per heavy atom. The topological polar surface area (TPSA) is 66.5 Å². The number of aliphatic hydroxyl groups is 1. The molecular formula is C20H29NO2. The van der Waals surface area contributed by atoms with Gasteiger partial charge in [0.2, 0.25) is 0 Å². The molecule has 5 atom stereocenters. The molecule has 2 fully saturated rings. The molecule has 0 aliphatic heterocycles. The fourth-order valence-electron chi connectivity index (χ4n) is 5.98. The summed E-state index contributed by atoms with van der Waals surface area (Å²) in [5.74, 6) is 2.40. The van der Waals surface area contributed by atoms with Crippen LogP contribution >= 0.6 is 0 Å². The lowest BCUT2D eigenvalue weighted by atomic mass is 9.55. The van der Waals surface area contributed by atoms with Gasteiger partial charge < -0.3 is 15.9 Å². The number of fused-ring (bicyclic) bond motifs is 5. The molecule has 4 N–H and O–H groups in total. The molecule has 1 aromatic rings. The average Bonchev–Trinajstić information content (AvgIpc) is 2.84. The van der Waals surface area contributed by atoms with Gasteiger partial charge in [-0.15, -0.1) is 0 Å². The number of hydrogen-bond acceptors (Lipinski definition) is 3. The summed E-state index contributed by atoms with van der Waals surface area (Å²) < 4.78 is 0. The van der Waals surface area contributed by atoms with E-state index in [4.69, 9.17) is 5.73 Å². The number of phenolic OH excluding ortho intramolecular Hbond substituents is 1. The summed E-state index contributed by atoms with van der Waals surface area (Å²) in [5.41, 5.74) is 9.65. The first-order chi connectivity index (χ1) is 11.0. The lowest BCUT2D eigenvalue weighted by Crippen LogP contribution is -2.43. The Labute approximate surface area is 138 Å². The molecule has 23 heavy (non-hydrogen) atoms. The molecular weight excluding hydrogens is 286 g/mol. The van der Waals surface area contributed by atoms with Gasteiger partial charge in [-0.25, -0.2) is 0 Å². The largest absolute Gasteiger partial charge is 0.508 e. The van der Waals surface area contributed by atoms with Gasteiger partial charge in [0.15, 0.2) is 0 Å². The highest BCUT2D eigenvalue weighted by Gasteiger charge is 2.54. The SMILES string of the molecule is C[C@]12CC[C@@H]3c4cc(CCN)c(O)cc4CC[C@H]3[C@@H]1CC[C@@H]2O. The Morgan fingerprint density at radius 1 is 1.22 bits per heavy atom. The van der Waals surface area contributed by atoms with Gasteiger partial charge in [0, 0.05) is 0 Å². The van der Waals surface area contributed by atoms with Gasteiger partial charge in [-0.1, -0.05) is 13.0 Å². The molecule has 0 heterocycles. The second-order valence-electron chi connectivity index (χ2n) is 8.27. The minimum Gasteiger partial charge on any atom is -0.508 e. The van der Waals surface area contributed by atoms with Crippen LogP contribution in [0.2, 0.25) is 0 Å². The van der Waals surface area contributed by atoms with Crippen molar-refractivity contribution in [2.24, 2.45) is 23.0 Å². The minimum absolute atomic E-state index is 0.109. The van der Waals surface area contributed by atoms with Crippen molar-refractivity contribution in [3.63, 3.8) is 0 Å². The van der Waals surface area contributed by atoms with Crippen LogP contribution in [0.5, 0.6) is 5.75 Å². The first-order valence-electron chi connectivity index (χ1n) is 9.27. The van der Waals surface area contributed by atoms with Gasteiger partial charge in [0.25, 0.3) is 0 Å². The summed E-state index contributed by atoms with van der Waals surface area (Å²) >= 11 is 0. The Balaban J connectivity index is 1.70. The van der Waals surface area contributed by atoms with Crippen LogP contribution in [0.3, 0.4) is 0 Å². The molecule has 0 spiro atoms. The van der Waals surface area contributed by atoms with E-state index in [-0.39, 0.29) is 11.5 Å². The Hall–Kier alpha value is -1.06. The van der Waals surface area contributed by atoms with E-state index >= 15 is 0 Å². The molecule has 126 valence electrons. The Kier molecular flexibility index (Phi) is 3.69. The Bertz CT molecular complexity index is 614.